The van der Waals surface area contributed by atoms with Crippen LogP contribution in [0.4, 0.5) is 10.1 Å². The van der Waals surface area contributed by atoms with E-state index in [1.54, 1.807) is 12.1 Å². The van der Waals surface area contributed by atoms with Crippen molar-refractivity contribution in [1.29, 1.82) is 0 Å². The maximum atomic E-state index is 13.4. The predicted molar refractivity (Wildman–Crippen MR) is 75.5 cm³/mol. The van der Waals surface area contributed by atoms with E-state index < -0.39 is 0 Å². The second kappa shape index (κ2) is 4.73. The summed E-state index contributed by atoms with van der Waals surface area (Å²) in [4.78, 5) is 2.20. The third-order valence-corrected chi connectivity index (χ3v) is 4.06. The molecule has 3 heteroatoms. The van der Waals surface area contributed by atoms with Crippen molar-refractivity contribution in [2.24, 2.45) is 0 Å². The van der Waals surface area contributed by atoms with Gasteiger partial charge in [-0.3, -0.25) is 0 Å². The first-order valence-electron chi connectivity index (χ1n) is 5.99. The maximum Gasteiger partial charge on any atom is 0.139 e. The Labute approximate surface area is 114 Å². The molecule has 1 aliphatic rings. The van der Waals surface area contributed by atoms with Gasteiger partial charge in [-0.05, 0) is 39.7 Å². The van der Waals surface area contributed by atoms with Crippen LogP contribution < -0.4 is 4.90 Å². The van der Waals surface area contributed by atoms with Crippen LogP contribution in [0.1, 0.15) is 11.5 Å². The molecule has 1 nitrogen and oxygen atoms in total. The molecule has 1 heterocycles. The third kappa shape index (κ3) is 2.15. The SMILES string of the molecule is Fc1cc(N2CC(c3ccccc3)C2)ccc1Br. The summed E-state index contributed by atoms with van der Waals surface area (Å²) in [6.45, 7) is 1.93. The second-order valence-corrected chi connectivity index (χ2v) is 5.47. The van der Waals surface area contributed by atoms with Gasteiger partial charge in [-0.25, -0.2) is 4.39 Å². The average molecular weight is 306 g/mol. The van der Waals surface area contributed by atoms with Crippen LogP contribution in [0.15, 0.2) is 53.0 Å². The Morgan fingerprint density at radius 2 is 1.78 bits per heavy atom. The standard InChI is InChI=1S/C15H13BrFN/c16-14-7-6-13(8-15(14)17)18-9-12(10-18)11-4-2-1-3-5-11/h1-8,12H,9-10H2. The van der Waals surface area contributed by atoms with Gasteiger partial charge in [0.15, 0.2) is 0 Å². The highest BCUT2D eigenvalue weighted by molar-refractivity contribution is 9.10. The zero-order valence-corrected chi connectivity index (χ0v) is 11.4. The van der Waals surface area contributed by atoms with Crippen LogP contribution in [-0.4, -0.2) is 13.1 Å². The molecule has 0 aliphatic carbocycles. The van der Waals surface area contributed by atoms with Crippen LogP contribution in [0.2, 0.25) is 0 Å². The van der Waals surface area contributed by atoms with Crippen LogP contribution in [0.3, 0.4) is 0 Å². The highest BCUT2D eigenvalue weighted by atomic mass is 79.9. The van der Waals surface area contributed by atoms with Crippen LogP contribution in [0, 0.1) is 5.82 Å². The number of anilines is 1. The molecule has 0 unspecified atom stereocenters. The van der Waals surface area contributed by atoms with Crippen molar-refractivity contribution in [3.05, 3.63) is 64.4 Å². The lowest BCUT2D eigenvalue weighted by Gasteiger charge is -2.41. The molecular weight excluding hydrogens is 293 g/mol. The summed E-state index contributed by atoms with van der Waals surface area (Å²) < 4.78 is 14.0. The van der Waals surface area contributed by atoms with E-state index in [9.17, 15) is 4.39 Å². The first-order valence-corrected chi connectivity index (χ1v) is 6.78. The fourth-order valence-corrected chi connectivity index (χ4v) is 2.55. The summed E-state index contributed by atoms with van der Waals surface area (Å²) in [6.07, 6.45) is 0. The normalized spacial score (nSPS) is 15.6. The van der Waals surface area contributed by atoms with Crippen LogP contribution in [-0.2, 0) is 0 Å². The van der Waals surface area contributed by atoms with E-state index in [0.29, 0.717) is 10.4 Å². The van der Waals surface area contributed by atoms with E-state index in [4.69, 9.17) is 0 Å². The number of hydrogen-bond donors (Lipinski definition) is 0. The summed E-state index contributed by atoms with van der Waals surface area (Å²) in [5.41, 5.74) is 2.33. The zero-order valence-electron chi connectivity index (χ0n) is 9.81. The number of benzene rings is 2. The molecule has 0 spiro atoms. The highest BCUT2D eigenvalue weighted by Crippen LogP contribution is 2.32. The van der Waals surface area contributed by atoms with E-state index in [2.05, 4.69) is 45.1 Å². The van der Waals surface area contributed by atoms with Crippen molar-refractivity contribution >= 4 is 21.6 Å². The summed E-state index contributed by atoms with van der Waals surface area (Å²) in [7, 11) is 0. The summed E-state index contributed by atoms with van der Waals surface area (Å²) in [6, 6.07) is 15.8. The van der Waals surface area contributed by atoms with Crippen molar-refractivity contribution < 1.29 is 4.39 Å². The van der Waals surface area contributed by atoms with Crippen molar-refractivity contribution in [3.63, 3.8) is 0 Å². The molecule has 0 radical (unpaired) electrons. The quantitative estimate of drug-likeness (QED) is 0.804. The van der Waals surface area contributed by atoms with Gasteiger partial charge in [0, 0.05) is 24.7 Å². The molecule has 1 saturated heterocycles. The maximum absolute atomic E-state index is 13.4. The van der Waals surface area contributed by atoms with Gasteiger partial charge in [-0.1, -0.05) is 30.3 Å². The van der Waals surface area contributed by atoms with Gasteiger partial charge in [-0.15, -0.1) is 0 Å². The molecule has 0 amide bonds. The zero-order chi connectivity index (χ0) is 12.5. The minimum absolute atomic E-state index is 0.198. The van der Waals surface area contributed by atoms with Gasteiger partial charge in [0.1, 0.15) is 5.82 Å². The van der Waals surface area contributed by atoms with Gasteiger partial charge >= 0.3 is 0 Å². The molecule has 1 aliphatic heterocycles. The Hall–Kier alpha value is -1.35. The highest BCUT2D eigenvalue weighted by Gasteiger charge is 2.28. The van der Waals surface area contributed by atoms with Crippen LogP contribution >= 0.6 is 15.9 Å². The lowest BCUT2D eigenvalue weighted by Crippen LogP contribution is -2.45. The van der Waals surface area contributed by atoms with E-state index >= 15 is 0 Å². The molecule has 0 aromatic heterocycles. The first kappa shape index (κ1) is 11.7. The van der Waals surface area contributed by atoms with E-state index in [1.165, 1.54) is 5.56 Å². The van der Waals surface area contributed by atoms with Crippen molar-refractivity contribution in [3.8, 4) is 0 Å². The molecule has 2 aromatic carbocycles. The van der Waals surface area contributed by atoms with Crippen LogP contribution in [0.5, 0.6) is 0 Å². The van der Waals surface area contributed by atoms with Gasteiger partial charge in [0.2, 0.25) is 0 Å². The molecule has 0 atom stereocenters. The Balaban J connectivity index is 1.70. The van der Waals surface area contributed by atoms with Gasteiger partial charge < -0.3 is 4.90 Å². The van der Waals surface area contributed by atoms with Gasteiger partial charge in [-0.2, -0.15) is 0 Å². The topological polar surface area (TPSA) is 3.24 Å². The molecule has 92 valence electrons. The number of hydrogen-bond acceptors (Lipinski definition) is 1. The minimum atomic E-state index is -0.198. The largest absolute Gasteiger partial charge is 0.370 e. The van der Waals surface area contributed by atoms with Crippen LogP contribution in [0.25, 0.3) is 0 Å². The average Bonchev–Trinajstić information content (AvgIpc) is 2.33. The molecule has 0 saturated carbocycles. The molecule has 3 rings (SSSR count). The molecule has 0 N–H and O–H groups in total. The fourth-order valence-electron chi connectivity index (χ4n) is 2.31. The first-order chi connectivity index (χ1) is 8.74. The van der Waals surface area contributed by atoms with Gasteiger partial charge in [0.05, 0.1) is 4.47 Å². The lowest BCUT2D eigenvalue weighted by atomic mass is 9.91. The van der Waals surface area contributed by atoms with E-state index in [1.807, 2.05) is 12.1 Å². The fraction of sp³-hybridized carbons (Fsp3) is 0.200. The van der Waals surface area contributed by atoms with E-state index in [-0.39, 0.29) is 5.82 Å². The predicted octanol–water partition coefficient (Wildman–Crippen LogP) is 4.19. The van der Waals surface area contributed by atoms with Crippen molar-refractivity contribution in [1.82, 2.24) is 0 Å². The smallest absolute Gasteiger partial charge is 0.139 e. The lowest BCUT2D eigenvalue weighted by molar-refractivity contribution is 0.523. The monoisotopic (exact) mass is 305 g/mol. The van der Waals surface area contributed by atoms with Crippen molar-refractivity contribution in [2.45, 2.75) is 5.92 Å². The Morgan fingerprint density at radius 3 is 2.44 bits per heavy atom. The Bertz CT molecular complexity index is 550. The molecular formula is C15H13BrFN. The number of halogens is 2. The van der Waals surface area contributed by atoms with Crippen molar-refractivity contribution in [2.75, 3.05) is 18.0 Å². The van der Waals surface area contributed by atoms with E-state index in [0.717, 1.165) is 18.8 Å². The summed E-state index contributed by atoms with van der Waals surface area (Å²) in [5, 5.41) is 0. The number of rotatable bonds is 2. The summed E-state index contributed by atoms with van der Waals surface area (Å²) >= 11 is 3.17. The Kier molecular flexibility index (Phi) is 3.08. The number of nitrogens with zero attached hydrogens (tertiary/aromatic N) is 1. The molecule has 2 aromatic rings. The minimum Gasteiger partial charge on any atom is -0.370 e. The second-order valence-electron chi connectivity index (χ2n) is 4.61. The summed E-state index contributed by atoms with van der Waals surface area (Å²) in [5.74, 6) is 0.369. The molecule has 18 heavy (non-hydrogen) atoms. The third-order valence-electron chi connectivity index (χ3n) is 3.42. The molecule has 1 fully saturated rings. The van der Waals surface area contributed by atoms with Gasteiger partial charge in [0.25, 0.3) is 0 Å². The molecule has 0 bridgehead atoms. The Morgan fingerprint density at radius 1 is 1.06 bits per heavy atom.